The Morgan fingerprint density at radius 1 is 1.43 bits per heavy atom. The summed E-state index contributed by atoms with van der Waals surface area (Å²) in [6.07, 6.45) is 1.84. The van der Waals surface area contributed by atoms with Gasteiger partial charge in [-0.1, -0.05) is 20.8 Å². The van der Waals surface area contributed by atoms with Crippen molar-refractivity contribution in [3.63, 3.8) is 0 Å². The van der Waals surface area contributed by atoms with Gasteiger partial charge in [0.2, 0.25) is 0 Å². The number of nitrogens with one attached hydrogen (secondary N) is 1. The fourth-order valence-corrected chi connectivity index (χ4v) is 2.13. The van der Waals surface area contributed by atoms with Crippen molar-refractivity contribution in [2.75, 3.05) is 13.2 Å². The normalized spacial score (nSPS) is 11.7. The van der Waals surface area contributed by atoms with Crippen LogP contribution in [0, 0.1) is 12.3 Å². The summed E-state index contributed by atoms with van der Waals surface area (Å²) >= 11 is 0. The van der Waals surface area contributed by atoms with Crippen molar-refractivity contribution in [1.82, 2.24) is 14.7 Å². The molecule has 0 bridgehead atoms. The van der Waals surface area contributed by atoms with Crippen LogP contribution in [-0.4, -0.2) is 28.4 Å². The van der Waals surface area contributed by atoms with E-state index < -0.39 is 0 Å². The van der Waals surface area contributed by atoms with E-state index in [0.29, 0.717) is 35.9 Å². The van der Waals surface area contributed by atoms with E-state index in [0.717, 1.165) is 0 Å². The van der Waals surface area contributed by atoms with Gasteiger partial charge in [0.25, 0.3) is 5.91 Å². The number of carbonyl (C=O) groups is 1. The zero-order chi connectivity index (χ0) is 15.6. The molecule has 114 valence electrons. The van der Waals surface area contributed by atoms with Gasteiger partial charge in [-0.25, -0.2) is 4.98 Å². The number of ether oxygens (including phenoxy) is 1. The lowest BCUT2D eigenvalue weighted by atomic mass is 9.97. The van der Waals surface area contributed by atoms with Crippen LogP contribution in [0.3, 0.4) is 0 Å². The number of aryl methyl sites for hydroxylation is 1. The third-order valence-electron chi connectivity index (χ3n) is 3.08. The van der Waals surface area contributed by atoms with Gasteiger partial charge in [-0.2, -0.15) is 0 Å². The van der Waals surface area contributed by atoms with Gasteiger partial charge in [0.15, 0.2) is 11.4 Å². The van der Waals surface area contributed by atoms with Gasteiger partial charge in [-0.3, -0.25) is 9.20 Å². The van der Waals surface area contributed by atoms with E-state index in [2.05, 4.69) is 31.1 Å². The second-order valence-corrected chi connectivity index (χ2v) is 6.29. The summed E-state index contributed by atoms with van der Waals surface area (Å²) in [7, 11) is 0. The number of hydrogen-bond acceptors (Lipinski definition) is 3. The molecule has 2 aromatic rings. The van der Waals surface area contributed by atoms with Crippen molar-refractivity contribution in [3.05, 3.63) is 29.7 Å². The Labute approximate surface area is 125 Å². The largest absolute Gasteiger partial charge is 0.490 e. The zero-order valence-corrected chi connectivity index (χ0v) is 13.4. The van der Waals surface area contributed by atoms with Gasteiger partial charge in [0.05, 0.1) is 12.3 Å². The first-order chi connectivity index (χ1) is 9.83. The fourth-order valence-electron chi connectivity index (χ4n) is 2.13. The minimum Gasteiger partial charge on any atom is -0.490 e. The van der Waals surface area contributed by atoms with Crippen LogP contribution < -0.4 is 10.1 Å². The highest BCUT2D eigenvalue weighted by Crippen LogP contribution is 2.22. The average molecular weight is 289 g/mol. The van der Waals surface area contributed by atoms with Gasteiger partial charge >= 0.3 is 0 Å². The Hall–Kier alpha value is -2.04. The minimum atomic E-state index is -0.108. The number of hydrogen-bond donors (Lipinski definition) is 1. The summed E-state index contributed by atoms with van der Waals surface area (Å²) in [5.41, 5.74) is 1.99. The van der Waals surface area contributed by atoms with E-state index in [-0.39, 0.29) is 11.3 Å². The van der Waals surface area contributed by atoms with Crippen molar-refractivity contribution in [1.29, 1.82) is 0 Å². The van der Waals surface area contributed by atoms with Crippen LogP contribution in [-0.2, 0) is 0 Å². The molecule has 0 atom stereocenters. The topological polar surface area (TPSA) is 55.6 Å². The number of amides is 1. The quantitative estimate of drug-likeness (QED) is 0.941. The summed E-state index contributed by atoms with van der Waals surface area (Å²) in [6.45, 7) is 11.2. The summed E-state index contributed by atoms with van der Waals surface area (Å²) in [4.78, 5) is 16.9. The second kappa shape index (κ2) is 5.76. The predicted octanol–water partition coefficient (Wildman–Crippen LogP) is 2.82. The molecule has 0 aliphatic rings. The highest BCUT2D eigenvalue weighted by molar-refractivity contribution is 5.95. The number of carbonyl (C=O) groups excluding carboxylic acids is 1. The molecular weight excluding hydrogens is 266 g/mol. The molecule has 2 aromatic heterocycles. The smallest absolute Gasteiger partial charge is 0.270 e. The fraction of sp³-hybridized carbons (Fsp3) is 0.500. The van der Waals surface area contributed by atoms with Crippen molar-refractivity contribution in [3.8, 4) is 5.75 Å². The first kappa shape index (κ1) is 15.4. The Bertz CT molecular complexity index is 653. The SMILES string of the molecule is CCOc1cccn2c(C(=O)NCC(C)(C)C)c(C)nc12. The Morgan fingerprint density at radius 2 is 2.14 bits per heavy atom. The highest BCUT2D eigenvalue weighted by atomic mass is 16.5. The van der Waals surface area contributed by atoms with Gasteiger partial charge in [0, 0.05) is 12.7 Å². The lowest BCUT2D eigenvalue weighted by molar-refractivity contribution is 0.0932. The molecule has 2 heterocycles. The first-order valence-electron chi connectivity index (χ1n) is 7.22. The third-order valence-corrected chi connectivity index (χ3v) is 3.08. The molecule has 0 unspecified atom stereocenters. The summed E-state index contributed by atoms with van der Waals surface area (Å²) in [5.74, 6) is 0.585. The number of fused-ring (bicyclic) bond motifs is 1. The van der Waals surface area contributed by atoms with Crippen LogP contribution in [0.5, 0.6) is 5.75 Å². The molecule has 0 saturated carbocycles. The standard InChI is InChI=1S/C16H23N3O2/c1-6-21-12-8-7-9-19-13(11(2)18-14(12)19)15(20)17-10-16(3,4)5/h7-9H,6,10H2,1-5H3,(H,17,20). The zero-order valence-electron chi connectivity index (χ0n) is 13.4. The third kappa shape index (κ3) is 3.35. The van der Waals surface area contributed by atoms with E-state index in [1.54, 1.807) is 4.40 Å². The van der Waals surface area contributed by atoms with Crippen LogP contribution in [0.15, 0.2) is 18.3 Å². The molecule has 5 nitrogen and oxygen atoms in total. The van der Waals surface area contributed by atoms with Crippen LogP contribution in [0.2, 0.25) is 0 Å². The van der Waals surface area contributed by atoms with Crippen molar-refractivity contribution in [2.45, 2.75) is 34.6 Å². The molecule has 0 fully saturated rings. The van der Waals surface area contributed by atoms with Crippen LogP contribution in [0.25, 0.3) is 5.65 Å². The van der Waals surface area contributed by atoms with Gasteiger partial charge in [0.1, 0.15) is 5.69 Å². The van der Waals surface area contributed by atoms with Crippen LogP contribution in [0.4, 0.5) is 0 Å². The van der Waals surface area contributed by atoms with Gasteiger partial charge in [-0.05, 0) is 31.4 Å². The molecule has 21 heavy (non-hydrogen) atoms. The maximum Gasteiger partial charge on any atom is 0.270 e. The molecule has 5 heteroatoms. The molecule has 0 aromatic carbocycles. The van der Waals surface area contributed by atoms with Crippen molar-refractivity contribution >= 4 is 11.6 Å². The maximum absolute atomic E-state index is 12.4. The summed E-state index contributed by atoms with van der Waals surface area (Å²) in [6, 6.07) is 3.72. The lowest BCUT2D eigenvalue weighted by Gasteiger charge is -2.18. The lowest BCUT2D eigenvalue weighted by Crippen LogP contribution is -2.33. The van der Waals surface area contributed by atoms with E-state index >= 15 is 0 Å². The van der Waals surface area contributed by atoms with E-state index in [9.17, 15) is 4.79 Å². The second-order valence-electron chi connectivity index (χ2n) is 6.29. The van der Waals surface area contributed by atoms with Crippen molar-refractivity contribution < 1.29 is 9.53 Å². The number of rotatable bonds is 4. The maximum atomic E-state index is 12.4. The molecule has 1 amide bonds. The van der Waals surface area contributed by atoms with Crippen LogP contribution >= 0.6 is 0 Å². The molecule has 2 rings (SSSR count). The summed E-state index contributed by atoms with van der Waals surface area (Å²) in [5, 5.41) is 2.97. The number of pyridine rings is 1. The molecular formula is C16H23N3O2. The monoisotopic (exact) mass is 289 g/mol. The molecule has 0 spiro atoms. The Morgan fingerprint density at radius 3 is 2.76 bits per heavy atom. The summed E-state index contributed by atoms with van der Waals surface area (Å²) < 4.78 is 7.36. The first-order valence-corrected chi connectivity index (χ1v) is 7.22. The number of nitrogens with zero attached hydrogens (tertiary/aromatic N) is 2. The highest BCUT2D eigenvalue weighted by Gasteiger charge is 2.20. The number of aromatic nitrogens is 2. The van der Waals surface area contributed by atoms with Gasteiger partial charge < -0.3 is 10.1 Å². The molecule has 1 N–H and O–H groups in total. The minimum absolute atomic E-state index is 0.0422. The van der Waals surface area contributed by atoms with Crippen molar-refractivity contribution in [2.24, 2.45) is 5.41 Å². The average Bonchev–Trinajstić information content (AvgIpc) is 2.73. The predicted molar refractivity (Wildman–Crippen MR) is 82.9 cm³/mol. The molecule has 0 aliphatic heterocycles. The molecule has 0 saturated heterocycles. The van der Waals surface area contributed by atoms with Gasteiger partial charge in [-0.15, -0.1) is 0 Å². The molecule has 0 radical (unpaired) electrons. The van der Waals surface area contributed by atoms with Crippen LogP contribution in [0.1, 0.15) is 43.9 Å². The van der Waals surface area contributed by atoms with E-state index in [1.165, 1.54) is 0 Å². The Kier molecular flexibility index (Phi) is 4.21. The Balaban J connectivity index is 2.38. The van der Waals surface area contributed by atoms with E-state index in [4.69, 9.17) is 4.74 Å². The molecule has 0 aliphatic carbocycles. The van der Waals surface area contributed by atoms with E-state index in [1.807, 2.05) is 32.2 Å². The number of imidazole rings is 1.